The van der Waals surface area contributed by atoms with E-state index in [4.69, 9.17) is 4.74 Å². The first-order valence-electron chi connectivity index (χ1n) is 8.84. The molecule has 0 saturated heterocycles. The van der Waals surface area contributed by atoms with E-state index in [1.54, 1.807) is 11.8 Å². The van der Waals surface area contributed by atoms with Gasteiger partial charge in [-0.25, -0.2) is 0 Å². The normalized spacial score (nSPS) is 14.4. The standard InChI is InChI=1S/C22H23NO2S/c1-3-25-19-11-9-17(10-12-19)13-20-16(2)23-22(14-21(20)24)26-15-18-7-5-4-6-8-18/h4-12H,3,13-15H2,1-2H3. The molecule has 26 heavy (non-hydrogen) atoms. The predicted molar refractivity (Wildman–Crippen MR) is 109 cm³/mol. The summed E-state index contributed by atoms with van der Waals surface area (Å²) in [5, 5.41) is 0.909. The van der Waals surface area contributed by atoms with E-state index in [0.29, 0.717) is 19.4 Å². The van der Waals surface area contributed by atoms with Gasteiger partial charge in [-0.1, -0.05) is 42.5 Å². The monoisotopic (exact) mass is 365 g/mol. The molecule has 0 saturated carbocycles. The van der Waals surface area contributed by atoms with Crippen molar-refractivity contribution < 1.29 is 9.53 Å². The van der Waals surface area contributed by atoms with Crippen LogP contribution < -0.4 is 4.74 Å². The van der Waals surface area contributed by atoms with Gasteiger partial charge in [0.1, 0.15) is 5.75 Å². The quantitative estimate of drug-likeness (QED) is 0.706. The first kappa shape index (κ1) is 18.5. The molecule has 0 unspecified atom stereocenters. The summed E-state index contributed by atoms with van der Waals surface area (Å²) in [6, 6.07) is 18.2. The summed E-state index contributed by atoms with van der Waals surface area (Å²) in [4.78, 5) is 17.3. The van der Waals surface area contributed by atoms with Crippen LogP contribution in [0.2, 0.25) is 0 Å². The molecule has 0 N–H and O–H groups in total. The summed E-state index contributed by atoms with van der Waals surface area (Å²) < 4.78 is 5.47. The van der Waals surface area contributed by atoms with Gasteiger partial charge in [-0.2, -0.15) is 0 Å². The number of Topliss-reactive ketones (excluding diaryl/α,β-unsaturated/α-hetero) is 1. The zero-order valence-electron chi connectivity index (χ0n) is 15.2. The van der Waals surface area contributed by atoms with Gasteiger partial charge in [0.15, 0.2) is 5.78 Å². The fraction of sp³-hybridized carbons (Fsp3) is 0.273. The maximum Gasteiger partial charge on any atom is 0.167 e. The van der Waals surface area contributed by atoms with Crippen molar-refractivity contribution in [2.75, 3.05) is 6.61 Å². The van der Waals surface area contributed by atoms with Crippen LogP contribution in [0.4, 0.5) is 0 Å². The number of rotatable bonds is 6. The second-order valence-corrected chi connectivity index (χ2v) is 7.25. The number of allylic oxidation sites excluding steroid dienone is 2. The average Bonchev–Trinajstić information content (AvgIpc) is 2.65. The second-order valence-electron chi connectivity index (χ2n) is 6.20. The lowest BCUT2D eigenvalue weighted by Gasteiger charge is -2.16. The number of carbonyl (C=O) groups excluding carboxylic acids is 1. The van der Waals surface area contributed by atoms with Gasteiger partial charge in [0.25, 0.3) is 0 Å². The van der Waals surface area contributed by atoms with Crippen LogP contribution in [-0.4, -0.2) is 17.4 Å². The first-order valence-corrected chi connectivity index (χ1v) is 9.83. The highest BCUT2D eigenvalue weighted by Crippen LogP contribution is 2.26. The zero-order valence-corrected chi connectivity index (χ0v) is 16.0. The molecule has 1 aliphatic rings. The molecule has 4 heteroatoms. The molecule has 134 valence electrons. The van der Waals surface area contributed by atoms with Crippen LogP contribution in [0, 0.1) is 0 Å². The van der Waals surface area contributed by atoms with Gasteiger partial charge in [-0.05, 0) is 37.1 Å². The van der Waals surface area contributed by atoms with Gasteiger partial charge in [0, 0.05) is 23.4 Å². The van der Waals surface area contributed by atoms with Gasteiger partial charge in [0.2, 0.25) is 0 Å². The molecular weight excluding hydrogens is 342 g/mol. The molecule has 0 bridgehead atoms. The van der Waals surface area contributed by atoms with Gasteiger partial charge in [-0.3, -0.25) is 9.79 Å². The minimum Gasteiger partial charge on any atom is -0.494 e. The Labute approximate surface area is 159 Å². The molecule has 0 spiro atoms. The number of ketones is 1. The SMILES string of the molecule is CCOc1ccc(CC2=C(C)N=C(SCc3ccccc3)CC2=O)cc1. The van der Waals surface area contributed by atoms with Crippen molar-refractivity contribution >= 4 is 22.6 Å². The van der Waals surface area contributed by atoms with E-state index in [2.05, 4.69) is 17.1 Å². The van der Waals surface area contributed by atoms with Crippen LogP contribution in [0.25, 0.3) is 0 Å². The number of aliphatic imine (C=N–C) groups is 1. The van der Waals surface area contributed by atoms with E-state index in [1.165, 1.54) is 5.56 Å². The Morgan fingerprint density at radius 2 is 1.77 bits per heavy atom. The number of thioether (sulfide) groups is 1. The van der Waals surface area contributed by atoms with E-state index in [1.807, 2.05) is 56.3 Å². The van der Waals surface area contributed by atoms with E-state index < -0.39 is 0 Å². The minimum absolute atomic E-state index is 0.182. The summed E-state index contributed by atoms with van der Waals surface area (Å²) in [5.74, 6) is 1.88. The van der Waals surface area contributed by atoms with Gasteiger partial charge >= 0.3 is 0 Å². The molecule has 1 aliphatic heterocycles. The summed E-state index contributed by atoms with van der Waals surface area (Å²) >= 11 is 1.65. The second kappa shape index (κ2) is 8.86. The Morgan fingerprint density at radius 1 is 1.04 bits per heavy atom. The lowest BCUT2D eigenvalue weighted by molar-refractivity contribution is -0.114. The van der Waals surface area contributed by atoms with Crippen molar-refractivity contribution in [3.05, 3.63) is 77.0 Å². The third-order valence-corrected chi connectivity index (χ3v) is 5.29. The Morgan fingerprint density at radius 3 is 2.42 bits per heavy atom. The Hall–Kier alpha value is -2.33. The van der Waals surface area contributed by atoms with Gasteiger partial charge in [0.05, 0.1) is 18.1 Å². The third kappa shape index (κ3) is 4.85. The highest BCUT2D eigenvalue weighted by molar-refractivity contribution is 8.13. The fourth-order valence-corrected chi connectivity index (χ4v) is 3.83. The number of hydrogen-bond acceptors (Lipinski definition) is 4. The Balaban J connectivity index is 1.67. The van der Waals surface area contributed by atoms with Crippen molar-refractivity contribution in [1.82, 2.24) is 0 Å². The topological polar surface area (TPSA) is 38.7 Å². The maximum atomic E-state index is 12.6. The highest BCUT2D eigenvalue weighted by Gasteiger charge is 2.21. The summed E-state index contributed by atoms with van der Waals surface area (Å²) in [5.41, 5.74) is 4.00. The summed E-state index contributed by atoms with van der Waals surface area (Å²) in [6.07, 6.45) is 1.03. The summed E-state index contributed by atoms with van der Waals surface area (Å²) in [7, 11) is 0. The van der Waals surface area contributed by atoms with Crippen molar-refractivity contribution in [2.45, 2.75) is 32.4 Å². The average molecular weight is 365 g/mol. The lowest BCUT2D eigenvalue weighted by atomic mass is 9.97. The first-order chi connectivity index (χ1) is 12.7. The Bertz CT molecular complexity index is 823. The van der Waals surface area contributed by atoms with Crippen molar-refractivity contribution in [2.24, 2.45) is 4.99 Å². The molecule has 3 rings (SSSR count). The molecule has 2 aromatic carbocycles. The molecule has 3 nitrogen and oxygen atoms in total. The molecule has 0 fully saturated rings. The molecule has 2 aromatic rings. The van der Waals surface area contributed by atoms with E-state index in [0.717, 1.165) is 33.4 Å². The summed E-state index contributed by atoms with van der Waals surface area (Å²) in [6.45, 7) is 4.55. The fourth-order valence-electron chi connectivity index (χ4n) is 2.86. The lowest BCUT2D eigenvalue weighted by Crippen LogP contribution is -2.16. The molecule has 0 aliphatic carbocycles. The molecule has 1 heterocycles. The van der Waals surface area contributed by atoms with E-state index in [9.17, 15) is 4.79 Å². The number of benzene rings is 2. The van der Waals surface area contributed by atoms with Crippen LogP contribution in [0.5, 0.6) is 5.75 Å². The Kier molecular flexibility index (Phi) is 6.29. The number of ether oxygens (including phenoxy) is 1. The van der Waals surface area contributed by atoms with Crippen molar-refractivity contribution in [3.63, 3.8) is 0 Å². The van der Waals surface area contributed by atoms with Crippen LogP contribution in [0.3, 0.4) is 0 Å². The highest BCUT2D eigenvalue weighted by atomic mass is 32.2. The third-order valence-electron chi connectivity index (χ3n) is 4.24. The van der Waals surface area contributed by atoms with Crippen LogP contribution >= 0.6 is 11.8 Å². The van der Waals surface area contributed by atoms with Crippen LogP contribution in [0.15, 0.2) is 70.9 Å². The largest absolute Gasteiger partial charge is 0.494 e. The van der Waals surface area contributed by atoms with E-state index >= 15 is 0 Å². The van der Waals surface area contributed by atoms with Crippen molar-refractivity contribution in [3.8, 4) is 5.75 Å². The number of carbonyl (C=O) groups is 1. The van der Waals surface area contributed by atoms with E-state index in [-0.39, 0.29) is 5.78 Å². The molecule has 0 amide bonds. The van der Waals surface area contributed by atoms with Gasteiger partial charge < -0.3 is 4.74 Å². The minimum atomic E-state index is 0.182. The zero-order chi connectivity index (χ0) is 18.4. The van der Waals surface area contributed by atoms with Crippen molar-refractivity contribution in [1.29, 1.82) is 0 Å². The van der Waals surface area contributed by atoms with Crippen LogP contribution in [-0.2, 0) is 17.0 Å². The molecule has 0 aromatic heterocycles. The smallest absolute Gasteiger partial charge is 0.167 e. The molecule has 0 atom stereocenters. The maximum absolute atomic E-state index is 12.6. The number of hydrogen-bond donors (Lipinski definition) is 0. The number of nitrogens with zero attached hydrogens (tertiary/aromatic N) is 1. The van der Waals surface area contributed by atoms with Gasteiger partial charge in [-0.15, -0.1) is 11.8 Å². The molecule has 0 radical (unpaired) electrons. The predicted octanol–water partition coefficient (Wildman–Crippen LogP) is 5.21. The van der Waals surface area contributed by atoms with Crippen LogP contribution in [0.1, 0.15) is 31.4 Å². The molecular formula is C22H23NO2S.